The van der Waals surface area contributed by atoms with Crippen LogP contribution in [0.2, 0.25) is 0 Å². The lowest BCUT2D eigenvalue weighted by molar-refractivity contribution is -0.139. The number of alkyl halides is 6. The molecule has 1 aromatic heterocycles. The fraction of sp³-hybridized carbons (Fsp3) is 0.185. The molecule has 0 aliphatic rings. The highest BCUT2D eigenvalue weighted by atomic mass is 32.1. The number of rotatable bonds is 8. The van der Waals surface area contributed by atoms with Crippen LogP contribution in [-0.2, 0) is 23.8 Å². The average molecular weight is 568 g/mol. The average Bonchev–Trinajstić information content (AvgIpc) is 3.30. The number of aliphatic carboxylic acids is 1. The highest BCUT2D eigenvalue weighted by Crippen LogP contribution is 2.40. The Bertz CT molecular complexity index is 1390. The summed E-state index contributed by atoms with van der Waals surface area (Å²) in [6.07, 6.45) is -9.05. The van der Waals surface area contributed by atoms with Gasteiger partial charge < -0.3 is 14.6 Å². The molecule has 0 saturated heterocycles. The number of hydrogen-bond acceptors (Lipinski definition) is 5. The van der Waals surface area contributed by atoms with E-state index in [2.05, 4.69) is 4.98 Å². The van der Waals surface area contributed by atoms with Crippen LogP contribution in [0.4, 0.5) is 26.3 Å². The Morgan fingerprint density at radius 3 is 1.92 bits per heavy atom. The summed E-state index contributed by atoms with van der Waals surface area (Å²) in [5.74, 6) is -0.322. The van der Waals surface area contributed by atoms with Crippen molar-refractivity contribution in [3.63, 3.8) is 0 Å². The van der Waals surface area contributed by atoms with E-state index in [0.29, 0.717) is 43.8 Å². The number of halogens is 6. The summed E-state index contributed by atoms with van der Waals surface area (Å²) in [6.45, 7) is 1.17. The molecule has 5 nitrogen and oxygen atoms in total. The van der Waals surface area contributed by atoms with Gasteiger partial charge in [-0.25, -0.2) is 9.78 Å². The molecular weight excluding hydrogens is 548 g/mol. The second kappa shape index (κ2) is 11.0. The monoisotopic (exact) mass is 567 g/mol. The molecule has 0 unspecified atom stereocenters. The van der Waals surface area contributed by atoms with Crippen LogP contribution >= 0.6 is 11.3 Å². The van der Waals surface area contributed by atoms with E-state index in [0.717, 1.165) is 35.6 Å². The highest BCUT2D eigenvalue weighted by Gasteiger charge is 2.31. The topological polar surface area (TPSA) is 68.7 Å². The number of carboxylic acid groups (broad SMARTS) is 1. The van der Waals surface area contributed by atoms with Gasteiger partial charge in [-0.3, -0.25) is 0 Å². The van der Waals surface area contributed by atoms with Crippen LogP contribution in [0.5, 0.6) is 11.5 Å². The van der Waals surface area contributed by atoms with Crippen LogP contribution in [0, 0.1) is 6.92 Å². The lowest BCUT2D eigenvalue weighted by atomic mass is 10.0. The van der Waals surface area contributed by atoms with E-state index in [1.807, 2.05) is 0 Å². The summed E-state index contributed by atoms with van der Waals surface area (Å²) in [6, 6.07) is 13.5. The standard InChI is InChI=1S/C27H19F6NO4S/c1-15-12-20(10-11-21(15)38-14-23(35)36)37-13-22-34-24(16-2-6-18(7-3-16)26(28,29)30)25(39-22)17-4-8-19(9-5-17)27(31,32)33/h2-12H,13-14H2,1H3,(H,35,36). The number of nitrogens with zero attached hydrogens (tertiary/aromatic N) is 1. The number of hydrogen-bond donors (Lipinski definition) is 1. The fourth-order valence-corrected chi connectivity index (χ4v) is 4.61. The molecule has 0 saturated carbocycles. The Morgan fingerprint density at radius 1 is 0.846 bits per heavy atom. The quantitative estimate of drug-likeness (QED) is 0.220. The molecule has 12 heteroatoms. The van der Waals surface area contributed by atoms with Crippen molar-refractivity contribution in [1.82, 2.24) is 4.98 Å². The van der Waals surface area contributed by atoms with E-state index in [1.165, 1.54) is 24.3 Å². The van der Waals surface area contributed by atoms with Gasteiger partial charge in [0.25, 0.3) is 0 Å². The predicted octanol–water partition coefficient (Wildman–Crippen LogP) is 7.87. The largest absolute Gasteiger partial charge is 0.486 e. The highest BCUT2D eigenvalue weighted by molar-refractivity contribution is 7.15. The molecular formula is C27H19F6NO4S. The molecule has 0 fully saturated rings. The fourth-order valence-electron chi connectivity index (χ4n) is 3.60. The minimum absolute atomic E-state index is 0.0340. The van der Waals surface area contributed by atoms with Gasteiger partial charge in [-0.05, 0) is 60.5 Å². The zero-order valence-electron chi connectivity index (χ0n) is 20.1. The van der Waals surface area contributed by atoms with Gasteiger partial charge in [-0.1, -0.05) is 24.3 Å². The first-order valence-corrected chi connectivity index (χ1v) is 12.1. The van der Waals surface area contributed by atoms with Gasteiger partial charge in [-0.2, -0.15) is 26.3 Å². The van der Waals surface area contributed by atoms with Crippen molar-refractivity contribution < 1.29 is 45.7 Å². The van der Waals surface area contributed by atoms with Crippen LogP contribution in [0.15, 0.2) is 66.7 Å². The number of carbonyl (C=O) groups is 1. The predicted molar refractivity (Wildman–Crippen MR) is 132 cm³/mol. The van der Waals surface area contributed by atoms with Crippen LogP contribution in [0.1, 0.15) is 21.7 Å². The first-order chi connectivity index (χ1) is 18.3. The van der Waals surface area contributed by atoms with E-state index in [9.17, 15) is 31.1 Å². The number of aromatic nitrogens is 1. The summed E-state index contributed by atoms with van der Waals surface area (Å²) < 4.78 is 89.2. The van der Waals surface area contributed by atoms with Crippen molar-refractivity contribution in [3.05, 3.63) is 88.4 Å². The number of benzene rings is 3. The Morgan fingerprint density at radius 2 is 1.41 bits per heavy atom. The van der Waals surface area contributed by atoms with E-state index >= 15 is 0 Å². The van der Waals surface area contributed by atoms with Crippen molar-refractivity contribution in [3.8, 4) is 33.2 Å². The van der Waals surface area contributed by atoms with Gasteiger partial charge in [0.15, 0.2) is 6.61 Å². The van der Waals surface area contributed by atoms with E-state index in [1.54, 1.807) is 25.1 Å². The molecule has 0 bridgehead atoms. The first-order valence-electron chi connectivity index (χ1n) is 11.2. The molecule has 0 radical (unpaired) electrons. The van der Waals surface area contributed by atoms with E-state index in [4.69, 9.17) is 14.6 Å². The third-order valence-corrected chi connectivity index (χ3v) is 6.57. The third-order valence-electron chi connectivity index (χ3n) is 5.49. The molecule has 0 atom stereocenters. The maximum atomic E-state index is 13.0. The van der Waals surface area contributed by atoms with Gasteiger partial charge in [0.1, 0.15) is 23.1 Å². The van der Waals surface area contributed by atoms with Gasteiger partial charge in [-0.15, -0.1) is 11.3 Å². The van der Waals surface area contributed by atoms with Crippen molar-refractivity contribution in [2.45, 2.75) is 25.9 Å². The first kappa shape index (κ1) is 28.0. The summed E-state index contributed by atoms with van der Waals surface area (Å²) >= 11 is 1.14. The lowest BCUT2D eigenvalue weighted by Crippen LogP contribution is -2.10. The third kappa shape index (κ3) is 6.88. The summed E-state index contributed by atoms with van der Waals surface area (Å²) in [7, 11) is 0. The van der Waals surface area contributed by atoms with Crippen molar-refractivity contribution >= 4 is 17.3 Å². The second-order valence-electron chi connectivity index (χ2n) is 8.33. The zero-order valence-corrected chi connectivity index (χ0v) is 20.9. The molecule has 3 aromatic carbocycles. The van der Waals surface area contributed by atoms with Crippen LogP contribution < -0.4 is 9.47 Å². The van der Waals surface area contributed by atoms with Crippen LogP contribution in [0.3, 0.4) is 0 Å². The normalized spacial score (nSPS) is 11.9. The number of ether oxygens (including phenoxy) is 2. The molecule has 204 valence electrons. The zero-order chi connectivity index (χ0) is 28.4. The van der Waals surface area contributed by atoms with Crippen LogP contribution in [0.25, 0.3) is 21.7 Å². The molecule has 0 aliphatic heterocycles. The van der Waals surface area contributed by atoms with E-state index < -0.39 is 36.1 Å². The van der Waals surface area contributed by atoms with Crippen LogP contribution in [-0.4, -0.2) is 22.7 Å². The summed E-state index contributed by atoms with van der Waals surface area (Å²) in [5.41, 5.74) is 0.0341. The molecule has 0 aliphatic carbocycles. The molecule has 0 amide bonds. The van der Waals surface area contributed by atoms with Gasteiger partial charge in [0, 0.05) is 5.56 Å². The van der Waals surface area contributed by atoms with Gasteiger partial charge >= 0.3 is 18.3 Å². The SMILES string of the molecule is Cc1cc(OCc2nc(-c3ccc(C(F)(F)F)cc3)c(-c3ccc(C(F)(F)F)cc3)s2)ccc1OCC(=O)O. The second-order valence-corrected chi connectivity index (χ2v) is 9.42. The maximum absolute atomic E-state index is 13.0. The molecule has 39 heavy (non-hydrogen) atoms. The molecule has 1 N–H and O–H groups in total. The molecule has 0 spiro atoms. The Kier molecular flexibility index (Phi) is 7.86. The van der Waals surface area contributed by atoms with Gasteiger partial charge in [0.2, 0.25) is 0 Å². The molecule has 4 aromatic rings. The van der Waals surface area contributed by atoms with Gasteiger partial charge in [0.05, 0.1) is 21.7 Å². The number of thiazole rings is 1. The Hall–Kier alpha value is -4.06. The molecule has 4 rings (SSSR count). The summed E-state index contributed by atoms with van der Waals surface area (Å²) in [5, 5.41) is 9.20. The van der Waals surface area contributed by atoms with Crippen molar-refractivity contribution in [2.75, 3.05) is 6.61 Å². The van der Waals surface area contributed by atoms with Crippen molar-refractivity contribution in [1.29, 1.82) is 0 Å². The van der Waals surface area contributed by atoms with E-state index in [-0.39, 0.29) is 6.61 Å². The minimum atomic E-state index is -4.53. The summed E-state index contributed by atoms with van der Waals surface area (Å²) in [4.78, 5) is 15.7. The number of aryl methyl sites for hydroxylation is 1. The Labute approximate surface area is 222 Å². The Balaban J connectivity index is 1.63. The van der Waals surface area contributed by atoms with Crippen molar-refractivity contribution in [2.24, 2.45) is 0 Å². The maximum Gasteiger partial charge on any atom is 0.416 e. The number of carboxylic acids is 1. The minimum Gasteiger partial charge on any atom is -0.486 e. The lowest BCUT2D eigenvalue weighted by Gasteiger charge is -2.09. The molecule has 1 heterocycles. The smallest absolute Gasteiger partial charge is 0.416 e.